The molecule has 1 amide bonds. The molecule has 0 aliphatic heterocycles. The van der Waals surface area contributed by atoms with Gasteiger partial charge in [-0.15, -0.1) is 0 Å². The zero-order valence-electron chi connectivity index (χ0n) is 15.2. The zero-order chi connectivity index (χ0) is 17.7. The molecule has 128 valence electrons. The fraction of sp³-hybridized carbons (Fsp3) is 0.381. The van der Waals surface area contributed by atoms with Gasteiger partial charge in [-0.1, -0.05) is 42.8 Å². The lowest BCUT2D eigenvalue weighted by atomic mass is 9.97. The third-order valence-electron chi connectivity index (χ3n) is 4.20. The number of ether oxygens (including phenoxy) is 1. The maximum absolute atomic E-state index is 12.5. The Morgan fingerprint density at radius 3 is 2.42 bits per heavy atom. The predicted octanol–water partition coefficient (Wildman–Crippen LogP) is 4.65. The maximum Gasteiger partial charge on any atom is 0.261 e. The van der Waals surface area contributed by atoms with Gasteiger partial charge in [-0.2, -0.15) is 0 Å². The van der Waals surface area contributed by atoms with Gasteiger partial charge in [0.25, 0.3) is 5.91 Å². The van der Waals surface area contributed by atoms with Crippen molar-refractivity contribution in [3.05, 3.63) is 64.7 Å². The second-order valence-electron chi connectivity index (χ2n) is 6.41. The summed E-state index contributed by atoms with van der Waals surface area (Å²) in [5.74, 6) is 0.626. The van der Waals surface area contributed by atoms with E-state index in [1.54, 1.807) is 6.92 Å². The molecule has 2 unspecified atom stereocenters. The lowest BCUT2D eigenvalue weighted by molar-refractivity contribution is -0.128. The molecule has 2 rings (SSSR count). The number of hydrogen-bond acceptors (Lipinski definition) is 2. The van der Waals surface area contributed by atoms with E-state index < -0.39 is 6.10 Å². The van der Waals surface area contributed by atoms with Crippen LogP contribution in [0.3, 0.4) is 0 Å². The van der Waals surface area contributed by atoms with Crippen LogP contribution in [-0.2, 0) is 4.79 Å². The molecule has 0 spiro atoms. The monoisotopic (exact) mass is 325 g/mol. The minimum atomic E-state index is -0.536. The molecule has 0 aromatic heterocycles. The van der Waals surface area contributed by atoms with Crippen LogP contribution in [0, 0.1) is 20.8 Å². The minimum absolute atomic E-state index is 0.00154. The van der Waals surface area contributed by atoms with E-state index in [0.29, 0.717) is 0 Å². The number of carbonyl (C=O) groups is 1. The van der Waals surface area contributed by atoms with Crippen LogP contribution in [0.1, 0.15) is 48.6 Å². The zero-order valence-corrected chi connectivity index (χ0v) is 15.2. The average Bonchev–Trinajstić information content (AvgIpc) is 2.53. The van der Waals surface area contributed by atoms with Gasteiger partial charge < -0.3 is 10.1 Å². The molecule has 24 heavy (non-hydrogen) atoms. The van der Waals surface area contributed by atoms with Crippen LogP contribution in [0.4, 0.5) is 0 Å². The standard InChI is InChI=1S/C21H27NO2/c1-6-20(19-11-10-15(3)12-16(19)4)22-21(23)17(5)24-18-9-7-8-14(2)13-18/h7-13,17,20H,6H2,1-5H3,(H,22,23). The fourth-order valence-electron chi connectivity index (χ4n) is 2.85. The molecule has 0 saturated heterocycles. The van der Waals surface area contributed by atoms with Crippen molar-refractivity contribution in [2.75, 3.05) is 0 Å². The van der Waals surface area contributed by atoms with Gasteiger partial charge in [0.2, 0.25) is 0 Å². The molecule has 3 nitrogen and oxygen atoms in total. The van der Waals surface area contributed by atoms with Gasteiger partial charge in [-0.05, 0) is 62.9 Å². The number of rotatable bonds is 6. The second kappa shape index (κ2) is 8.00. The first-order valence-electron chi connectivity index (χ1n) is 8.51. The second-order valence-corrected chi connectivity index (χ2v) is 6.41. The van der Waals surface area contributed by atoms with Crippen molar-refractivity contribution < 1.29 is 9.53 Å². The van der Waals surface area contributed by atoms with Gasteiger partial charge in [0, 0.05) is 0 Å². The Labute approximate surface area is 145 Å². The molecule has 0 aliphatic carbocycles. The van der Waals surface area contributed by atoms with Crippen molar-refractivity contribution in [2.45, 2.75) is 53.2 Å². The van der Waals surface area contributed by atoms with E-state index in [1.165, 1.54) is 16.7 Å². The summed E-state index contributed by atoms with van der Waals surface area (Å²) in [4.78, 5) is 12.5. The largest absolute Gasteiger partial charge is 0.481 e. The van der Waals surface area contributed by atoms with E-state index in [0.717, 1.165) is 17.7 Å². The Hall–Kier alpha value is -2.29. The van der Waals surface area contributed by atoms with Crippen LogP contribution in [0.5, 0.6) is 5.75 Å². The first-order chi connectivity index (χ1) is 11.4. The van der Waals surface area contributed by atoms with E-state index in [2.05, 4.69) is 44.3 Å². The van der Waals surface area contributed by atoms with Crippen LogP contribution in [-0.4, -0.2) is 12.0 Å². The van der Waals surface area contributed by atoms with E-state index in [-0.39, 0.29) is 11.9 Å². The molecule has 0 aliphatic rings. The van der Waals surface area contributed by atoms with Crippen molar-refractivity contribution >= 4 is 5.91 Å². The number of carbonyl (C=O) groups excluding carboxylic acids is 1. The van der Waals surface area contributed by atoms with E-state index >= 15 is 0 Å². The molecule has 0 fully saturated rings. The number of nitrogens with one attached hydrogen (secondary N) is 1. The molecule has 2 aromatic rings. The molecule has 2 atom stereocenters. The van der Waals surface area contributed by atoms with E-state index in [4.69, 9.17) is 4.74 Å². The third-order valence-corrected chi connectivity index (χ3v) is 4.20. The summed E-state index contributed by atoms with van der Waals surface area (Å²) in [7, 11) is 0. The topological polar surface area (TPSA) is 38.3 Å². The van der Waals surface area contributed by atoms with E-state index in [1.807, 2.05) is 31.2 Å². The SMILES string of the molecule is CCC(NC(=O)C(C)Oc1cccc(C)c1)c1ccc(C)cc1C. The summed E-state index contributed by atoms with van der Waals surface area (Å²) in [5.41, 5.74) is 4.71. The Kier molecular flexibility index (Phi) is 6.02. The Morgan fingerprint density at radius 1 is 1.08 bits per heavy atom. The van der Waals surface area contributed by atoms with Crippen molar-refractivity contribution in [3.8, 4) is 5.75 Å². The van der Waals surface area contributed by atoms with Gasteiger partial charge in [0.15, 0.2) is 6.10 Å². The molecule has 2 aromatic carbocycles. The Balaban J connectivity index is 2.05. The van der Waals surface area contributed by atoms with Crippen LogP contribution >= 0.6 is 0 Å². The molecule has 1 N–H and O–H groups in total. The quantitative estimate of drug-likeness (QED) is 0.840. The highest BCUT2D eigenvalue weighted by molar-refractivity contribution is 5.81. The Bertz CT molecular complexity index is 709. The summed E-state index contributed by atoms with van der Waals surface area (Å²) in [6.45, 7) is 10.0. The molecular weight excluding hydrogens is 298 g/mol. The Morgan fingerprint density at radius 2 is 1.79 bits per heavy atom. The molecular formula is C21H27NO2. The summed E-state index contributed by atoms with van der Waals surface area (Å²) >= 11 is 0. The number of aryl methyl sites for hydroxylation is 3. The summed E-state index contributed by atoms with van der Waals surface area (Å²) < 4.78 is 5.78. The summed E-state index contributed by atoms with van der Waals surface area (Å²) in [6.07, 6.45) is 0.305. The van der Waals surface area contributed by atoms with Gasteiger partial charge in [0.05, 0.1) is 6.04 Å². The average molecular weight is 325 g/mol. The highest BCUT2D eigenvalue weighted by atomic mass is 16.5. The molecule has 0 saturated carbocycles. The van der Waals surface area contributed by atoms with Crippen molar-refractivity contribution in [2.24, 2.45) is 0 Å². The van der Waals surface area contributed by atoms with Crippen LogP contribution in [0.2, 0.25) is 0 Å². The van der Waals surface area contributed by atoms with Gasteiger partial charge >= 0.3 is 0 Å². The lowest BCUT2D eigenvalue weighted by Gasteiger charge is -2.22. The molecule has 3 heteroatoms. The first kappa shape index (κ1) is 18.1. The van der Waals surface area contributed by atoms with E-state index in [9.17, 15) is 4.79 Å². The van der Waals surface area contributed by atoms with Crippen molar-refractivity contribution in [3.63, 3.8) is 0 Å². The number of amides is 1. The molecule has 0 radical (unpaired) electrons. The minimum Gasteiger partial charge on any atom is -0.481 e. The van der Waals surface area contributed by atoms with Crippen LogP contribution in [0.15, 0.2) is 42.5 Å². The van der Waals surface area contributed by atoms with Crippen molar-refractivity contribution in [1.29, 1.82) is 0 Å². The maximum atomic E-state index is 12.5. The lowest BCUT2D eigenvalue weighted by Crippen LogP contribution is -2.38. The highest BCUT2D eigenvalue weighted by Gasteiger charge is 2.20. The van der Waals surface area contributed by atoms with Gasteiger partial charge in [-0.25, -0.2) is 0 Å². The third kappa shape index (κ3) is 4.60. The normalized spacial score (nSPS) is 13.2. The highest BCUT2D eigenvalue weighted by Crippen LogP contribution is 2.22. The first-order valence-corrected chi connectivity index (χ1v) is 8.51. The summed E-state index contributed by atoms with van der Waals surface area (Å²) in [5, 5.41) is 3.11. The predicted molar refractivity (Wildman–Crippen MR) is 98.4 cm³/mol. The van der Waals surface area contributed by atoms with Crippen LogP contribution in [0.25, 0.3) is 0 Å². The molecule has 0 bridgehead atoms. The number of hydrogen-bond donors (Lipinski definition) is 1. The van der Waals surface area contributed by atoms with Crippen LogP contribution < -0.4 is 10.1 Å². The van der Waals surface area contributed by atoms with Gasteiger partial charge in [-0.3, -0.25) is 4.79 Å². The number of benzene rings is 2. The smallest absolute Gasteiger partial charge is 0.261 e. The fourth-order valence-corrected chi connectivity index (χ4v) is 2.85. The molecule has 0 heterocycles. The summed E-state index contributed by atoms with van der Waals surface area (Å²) in [6, 6.07) is 14.1. The van der Waals surface area contributed by atoms with Crippen molar-refractivity contribution in [1.82, 2.24) is 5.32 Å². The van der Waals surface area contributed by atoms with Gasteiger partial charge in [0.1, 0.15) is 5.75 Å².